The largest absolute Gasteiger partial charge is 0.484 e. The van der Waals surface area contributed by atoms with Crippen molar-refractivity contribution in [3.05, 3.63) is 50.9 Å². The second-order valence-corrected chi connectivity index (χ2v) is 6.08. The van der Waals surface area contributed by atoms with Crippen LogP contribution in [-0.2, 0) is 4.79 Å². The number of nitrogens with zero attached hydrogens (tertiary/aromatic N) is 1. The van der Waals surface area contributed by atoms with Crippen LogP contribution in [0.5, 0.6) is 5.75 Å². The molecule has 1 N–H and O–H groups in total. The second kappa shape index (κ2) is 6.89. The Balaban J connectivity index is 1.97. The lowest BCUT2D eigenvalue weighted by Gasteiger charge is -2.12. The third-order valence-electron chi connectivity index (χ3n) is 2.97. The summed E-state index contributed by atoms with van der Waals surface area (Å²) in [6.45, 7) is 5.76. The van der Waals surface area contributed by atoms with Gasteiger partial charge in [0.05, 0.1) is 11.4 Å². The summed E-state index contributed by atoms with van der Waals surface area (Å²) in [5.74, 6) is 0.492. The summed E-state index contributed by atoms with van der Waals surface area (Å²) in [6.07, 6.45) is 0. The van der Waals surface area contributed by atoms with Gasteiger partial charge in [-0.05, 0) is 79.3 Å². The highest BCUT2D eigenvalue weighted by Gasteiger charge is 2.10. The van der Waals surface area contributed by atoms with E-state index in [0.717, 1.165) is 26.2 Å². The minimum Gasteiger partial charge on any atom is -0.484 e. The van der Waals surface area contributed by atoms with Crippen LogP contribution in [0.4, 0.5) is 5.69 Å². The lowest BCUT2D eigenvalue weighted by molar-refractivity contribution is -0.118. The van der Waals surface area contributed by atoms with Crippen LogP contribution in [0.25, 0.3) is 0 Å². The van der Waals surface area contributed by atoms with Gasteiger partial charge in [-0.2, -0.15) is 0 Å². The van der Waals surface area contributed by atoms with Crippen molar-refractivity contribution >= 4 is 34.2 Å². The summed E-state index contributed by atoms with van der Waals surface area (Å²) in [6, 6.07) is 9.51. The first-order valence-electron chi connectivity index (χ1n) is 6.59. The first-order valence-corrected chi connectivity index (χ1v) is 7.66. The molecular weight excluding hydrogens is 379 g/mol. The standard InChI is InChI=1S/C16H17IN2O2/c1-10-8-11(2)18-12(3)16(10)19-15(20)9-21-14-6-4-13(17)5-7-14/h4-8H,9H2,1-3H3,(H,19,20). The summed E-state index contributed by atoms with van der Waals surface area (Å²) in [5.41, 5.74) is 3.52. The van der Waals surface area contributed by atoms with Crippen molar-refractivity contribution in [2.75, 3.05) is 11.9 Å². The molecule has 0 saturated heterocycles. The molecule has 0 atom stereocenters. The molecule has 1 aromatic carbocycles. The number of rotatable bonds is 4. The van der Waals surface area contributed by atoms with Gasteiger partial charge >= 0.3 is 0 Å². The van der Waals surface area contributed by atoms with Gasteiger partial charge in [-0.3, -0.25) is 9.78 Å². The van der Waals surface area contributed by atoms with Gasteiger partial charge < -0.3 is 10.1 Å². The number of carbonyl (C=O) groups excluding carboxylic acids is 1. The summed E-state index contributed by atoms with van der Waals surface area (Å²) in [4.78, 5) is 16.3. The van der Waals surface area contributed by atoms with Crippen LogP contribution in [0.2, 0.25) is 0 Å². The number of pyridine rings is 1. The van der Waals surface area contributed by atoms with Gasteiger partial charge in [0.25, 0.3) is 5.91 Å². The number of anilines is 1. The number of hydrogen-bond acceptors (Lipinski definition) is 3. The van der Waals surface area contributed by atoms with Crippen molar-refractivity contribution in [3.8, 4) is 5.75 Å². The van der Waals surface area contributed by atoms with Crippen LogP contribution >= 0.6 is 22.6 Å². The number of carbonyl (C=O) groups is 1. The minimum atomic E-state index is -0.189. The van der Waals surface area contributed by atoms with Crippen molar-refractivity contribution in [3.63, 3.8) is 0 Å². The smallest absolute Gasteiger partial charge is 0.262 e. The highest BCUT2D eigenvalue weighted by Crippen LogP contribution is 2.19. The summed E-state index contributed by atoms with van der Waals surface area (Å²) < 4.78 is 6.59. The van der Waals surface area contributed by atoms with E-state index in [4.69, 9.17) is 4.74 Å². The monoisotopic (exact) mass is 396 g/mol. The molecule has 5 heteroatoms. The highest BCUT2D eigenvalue weighted by molar-refractivity contribution is 14.1. The third kappa shape index (κ3) is 4.42. The average Bonchev–Trinajstić information content (AvgIpc) is 2.42. The van der Waals surface area contributed by atoms with Crippen molar-refractivity contribution in [2.24, 2.45) is 0 Å². The van der Waals surface area contributed by atoms with Crippen molar-refractivity contribution in [1.82, 2.24) is 4.98 Å². The van der Waals surface area contributed by atoms with Gasteiger partial charge in [0.15, 0.2) is 6.61 Å². The Morgan fingerprint density at radius 1 is 1.24 bits per heavy atom. The van der Waals surface area contributed by atoms with Gasteiger partial charge in [-0.15, -0.1) is 0 Å². The fourth-order valence-corrected chi connectivity index (χ4v) is 2.43. The SMILES string of the molecule is Cc1cc(C)c(NC(=O)COc2ccc(I)cc2)c(C)n1. The van der Waals surface area contributed by atoms with E-state index in [2.05, 4.69) is 32.9 Å². The van der Waals surface area contributed by atoms with E-state index in [1.165, 1.54) is 0 Å². The molecule has 1 heterocycles. The first-order chi connectivity index (χ1) is 9.95. The summed E-state index contributed by atoms with van der Waals surface area (Å²) in [7, 11) is 0. The topological polar surface area (TPSA) is 51.2 Å². The molecule has 0 aliphatic carbocycles. The van der Waals surface area contributed by atoms with Crippen LogP contribution in [0.1, 0.15) is 17.0 Å². The number of amides is 1. The molecule has 2 aromatic rings. The predicted octanol–water partition coefficient (Wildman–Crippen LogP) is 3.63. The second-order valence-electron chi connectivity index (χ2n) is 4.83. The molecule has 0 fully saturated rings. The molecule has 0 radical (unpaired) electrons. The molecule has 4 nitrogen and oxygen atoms in total. The molecule has 1 amide bonds. The van der Waals surface area contributed by atoms with Crippen LogP contribution in [0, 0.1) is 24.3 Å². The Hall–Kier alpha value is -1.63. The Bertz CT molecular complexity index is 631. The summed E-state index contributed by atoms with van der Waals surface area (Å²) in [5, 5.41) is 2.86. The zero-order valence-electron chi connectivity index (χ0n) is 12.2. The van der Waals surface area contributed by atoms with Crippen LogP contribution in [0.15, 0.2) is 30.3 Å². The van der Waals surface area contributed by atoms with Gasteiger partial charge in [0.2, 0.25) is 0 Å². The molecule has 0 aliphatic rings. The molecule has 0 bridgehead atoms. The van der Waals surface area contributed by atoms with Gasteiger partial charge in [0, 0.05) is 9.26 Å². The molecule has 0 spiro atoms. The Morgan fingerprint density at radius 3 is 2.52 bits per heavy atom. The van der Waals surface area contributed by atoms with E-state index in [9.17, 15) is 4.79 Å². The lowest BCUT2D eigenvalue weighted by atomic mass is 10.1. The molecule has 110 valence electrons. The fraction of sp³-hybridized carbons (Fsp3) is 0.250. The normalized spacial score (nSPS) is 10.3. The van der Waals surface area contributed by atoms with E-state index in [1.807, 2.05) is 51.1 Å². The van der Waals surface area contributed by atoms with Crippen LogP contribution in [-0.4, -0.2) is 17.5 Å². The number of aromatic nitrogens is 1. The molecule has 0 unspecified atom stereocenters. The van der Waals surface area contributed by atoms with Crippen LogP contribution < -0.4 is 10.1 Å². The van der Waals surface area contributed by atoms with Gasteiger partial charge in [-0.25, -0.2) is 0 Å². The van der Waals surface area contributed by atoms with E-state index in [1.54, 1.807) is 0 Å². The number of halogens is 1. The number of hydrogen-bond donors (Lipinski definition) is 1. The Kier molecular flexibility index (Phi) is 5.17. The third-order valence-corrected chi connectivity index (χ3v) is 3.69. The van der Waals surface area contributed by atoms with Gasteiger partial charge in [0.1, 0.15) is 5.75 Å². The number of aryl methyl sites for hydroxylation is 3. The van der Waals surface area contributed by atoms with E-state index in [-0.39, 0.29) is 12.5 Å². The lowest BCUT2D eigenvalue weighted by Crippen LogP contribution is -2.21. The van der Waals surface area contributed by atoms with E-state index < -0.39 is 0 Å². The Labute approximate surface area is 138 Å². The summed E-state index contributed by atoms with van der Waals surface area (Å²) >= 11 is 2.22. The maximum absolute atomic E-state index is 12.0. The molecule has 0 saturated carbocycles. The number of ether oxygens (including phenoxy) is 1. The zero-order chi connectivity index (χ0) is 15.4. The molecule has 1 aromatic heterocycles. The van der Waals surface area contributed by atoms with Crippen molar-refractivity contribution < 1.29 is 9.53 Å². The quantitative estimate of drug-likeness (QED) is 0.804. The van der Waals surface area contributed by atoms with Crippen molar-refractivity contribution in [2.45, 2.75) is 20.8 Å². The number of nitrogens with one attached hydrogen (secondary N) is 1. The molecule has 0 aliphatic heterocycles. The molecule has 21 heavy (non-hydrogen) atoms. The minimum absolute atomic E-state index is 0.0205. The van der Waals surface area contributed by atoms with Crippen LogP contribution in [0.3, 0.4) is 0 Å². The Morgan fingerprint density at radius 2 is 1.90 bits per heavy atom. The number of benzene rings is 1. The zero-order valence-corrected chi connectivity index (χ0v) is 14.4. The highest BCUT2D eigenvalue weighted by atomic mass is 127. The predicted molar refractivity (Wildman–Crippen MR) is 91.7 cm³/mol. The van der Waals surface area contributed by atoms with E-state index >= 15 is 0 Å². The fourth-order valence-electron chi connectivity index (χ4n) is 2.07. The van der Waals surface area contributed by atoms with Gasteiger partial charge in [-0.1, -0.05) is 0 Å². The van der Waals surface area contributed by atoms with E-state index in [0.29, 0.717) is 5.75 Å². The van der Waals surface area contributed by atoms with Crippen molar-refractivity contribution in [1.29, 1.82) is 0 Å². The maximum atomic E-state index is 12.0. The average molecular weight is 396 g/mol. The molecule has 2 rings (SSSR count). The first kappa shape index (κ1) is 15.8. The maximum Gasteiger partial charge on any atom is 0.262 e. The molecular formula is C16H17IN2O2.